The van der Waals surface area contributed by atoms with Gasteiger partial charge in [0, 0.05) is 42.1 Å². The van der Waals surface area contributed by atoms with E-state index in [-0.39, 0.29) is 29.9 Å². The molecule has 7 heteroatoms. The van der Waals surface area contributed by atoms with Crippen molar-refractivity contribution in [1.29, 1.82) is 0 Å². The van der Waals surface area contributed by atoms with E-state index < -0.39 is 0 Å². The number of hydrogen-bond acceptors (Lipinski definition) is 4. The van der Waals surface area contributed by atoms with Crippen LogP contribution in [0.15, 0.2) is 72.8 Å². The number of anilines is 1. The Morgan fingerprint density at radius 1 is 1.03 bits per heavy atom. The predicted octanol–water partition coefficient (Wildman–Crippen LogP) is 4.50. The Labute approximate surface area is 197 Å². The zero-order valence-electron chi connectivity index (χ0n) is 18.7. The lowest BCUT2D eigenvalue weighted by molar-refractivity contribution is 0.0489. The second-order valence-electron chi connectivity index (χ2n) is 8.61. The molecule has 0 aromatic heterocycles. The van der Waals surface area contributed by atoms with E-state index >= 15 is 0 Å². The molecule has 2 amide bonds. The number of rotatable bonds is 7. The summed E-state index contributed by atoms with van der Waals surface area (Å²) in [4.78, 5) is 27.5. The first kappa shape index (κ1) is 22.1. The number of nitrogens with zero attached hydrogens (tertiary/aromatic N) is 1. The lowest BCUT2D eigenvalue weighted by Gasteiger charge is -2.29. The van der Waals surface area contributed by atoms with Crippen LogP contribution in [-0.4, -0.2) is 36.0 Å². The van der Waals surface area contributed by atoms with E-state index in [1.165, 1.54) is 12.1 Å². The Kier molecular flexibility index (Phi) is 6.27. The lowest BCUT2D eigenvalue weighted by atomic mass is 10.1. The third-order valence-corrected chi connectivity index (χ3v) is 6.30. The number of carbonyl (C=O) groups is 2. The molecule has 3 aromatic carbocycles. The van der Waals surface area contributed by atoms with Crippen molar-refractivity contribution in [3.05, 3.63) is 101 Å². The molecule has 2 aliphatic rings. The average Bonchev–Trinajstić information content (AvgIpc) is 3.47. The molecule has 34 heavy (non-hydrogen) atoms. The van der Waals surface area contributed by atoms with Gasteiger partial charge in [-0.15, -0.1) is 0 Å². The quantitative estimate of drug-likeness (QED) is 0.546. The molecule has 5 rings (SSSR count). The molecule has 0 radical (unpaired) electrons. The Bertz CT molecular complexity index is 1170. The average molecular weight is 460 g/mol. The SMILES string of the molecule is O=C(NCc1ccc(F)cc1)c1ccc(N[C@H]2c3ccccc3C(=O)N2C[C@@H]2CCCO2)cc1. The van der Waals surface area contributed by atoms with E-state index in [9.17, 15) is 14.0 Å². The summed E-state index contributed by atoms with van der Waals surface area (Å²) in [5.74, 6) is -0.517. The van der Waals surface area contributed by atoms with Crippen LogP contribution in [-0.2, 0) is 11.3 Å². The van der Waals surface area contributed by atoms with E-state index in [0.717, 1.165) is 36.3 Å². The van der Waals surface area contributed by atoms with Crippen LogP contribution in [0.1, 0.15) is 50.9 Å². The minimum atomic E-state index is -0.306. The molecular formula is C27H26FN3O3. The first-order valence-electron chi connectivity index (χ1n) is 11.5. The van der Waals surface area contributed by atoms with Gasteiger partial charge in [-0.1, -0.05) is 30.3 Å². The second kappa shape index (κ2) is 9.65. The van der Waals surface area contributed by atoms with Crippen LogP contribution in [0.5, 0.6) is 0 Å². The number of benzene rings is 3. The van der Waals surface area contributed by atoms with Crippen molar-refractivity contribution in [2.24, 2.45) is 0 Å². The fourth-order valence-corrected chi connectivity index (χ4v) is 4.48. The van der Waals surface area contributed by atoms with Crippen molar-refractivity contribution in [3.8, 4) is 0 Å². The van der Waals surface area contributed by atoms with Gasteiger partial charge in [-0.3, -0.25) is 9.59 Å². The lowest BCUT2D eigenvalue weighted by Crippen LogP contribution is -2.38. The van der Waals surface area contributed by atoms with Crippen molar-refractivity contribution in [3.63, 3.8) is 0 Å². The van der Waals surface area contributed by atoms with Gasteiger partial charge in [0.05, 0.1) is 6.10 Å². The molecule has 2 N–H and O–H groups in total. The normalized spacial score (nSPS) is 19.2. The number of carbonyl (C=O) groups excluding carboxylic acids is 2. The Morgan fingerprint density at radius 2 is 1.79 bits per heavy atom. The molecule has 2 atom stereocenters. The molecule has 0 aliphatic carbocycles. The van der Waals surface area contributed by atoms with Gasteiger partial charge in [0.15, 0.2) is 0 Å². The van der Waals surface area contributed by atoms with Crippen LogP contribution in [0, 0.1) is 5.82 Å². The van der Waals surface area contributed by atoms with Crippen LogP contribution in [0.4, 0.5) is 10.1 Å². The molecule has 2 aliphatic heterocycles. The molecule has 174 valence electrons. The van der Waals surface area contributed by atoms with Crippen LogP contribution < -0.4 is 10.6 Å². The van der Waals surface area contributed by atoms with E-state index in [0.29, 0.717) is 24.2 Å². The number of ether oxygens (including phenoxy) is 1. The number of nitrogens with one attached hydrogen (secondary N) is 2. The number of amides is 2. The van der Waals surface area contributed by atoms with Crippen LogP contribution in [0.25, 0.3) is 0 Å². The third kappa shape index (κ3) is 4.65. The van der Waals surface area contributed by atoms with Crippen molar-refractivity contribution in [2.75, 3.05) is 18.5 Å². The van der Waals surface area contributed by atoms with Gasteiger partial charge < -0.3 is 20.3 Å². The summed E-state index contributed by atoms with van der Waals surface area (Å²) in [5, 5.41) is 6.31. The summed E-state index contributed by atoms with van der Waals surface area (Å²) in [6.45, 7) is 1.59. The van der Waals surface area contributed by atoms with Gasteiger partial charge in [0.1, 0.15) is 12.0 Å². The van der Waals surface area contributed by atoms with E-state index in [4.69, 9.17) is 4.74 Å². The smallest absolute Gasteiger partial charge is 0.256 e. The zero-order valence-corrected chi connectivity index (χ0v) is 18.7. The Hall–Kier alpha value is -3.71. The first-order valence-corrected chi connectivity index (χ1v) is 11.5. The summed E-state index contributed by atoms with van der Waals surface area (Å²) in [6.07, 6.45) is 1.72. The predicted molar refractivity (Wildman–Crippen MR) is 127 cm³/mol. The van der Waals surface area contributed by atoms with Crippen LogP contribution in [0.2, 0.25) is 0 Å². The van der Waals surface area contributed by atoms with Gasteiger partial charge in [0.25, 0.3) is 11.8 Å². The van der Waals surface area contributed by atoms with Crippen molar-refractivity contribution in [1.82, 2.24) is 10.2 Å². The largest absolute Gasteiger partial charge is 0.376 e. The topological polar surface area (TPSA) is 70.7 Å². The second-order valence-corrected chi connectivity index (χ2v) is 8.61. The fourth-order valence-electron chi connectivity index (χ4n) is 4.48. The van der Waals surface area contributed by atoms with Gasteiger partial charge in [-0.2, -0.15) is 0 Å². The molecule has 0 unspecified atom stereocenters. The van der Waals surface area contributed by atoms with E-state index in [1.807, 2.05) is 41.3 Å². The summed E-state index contributed by atoms with van der Waals surface area (Å²) >= 11 is 0. The molecule has 3 aromatic rings. The maximum Gasteiger partial charge on any atom is 0.256 e. The van der Waals surface area contributed by atoms with Crippen molar-refractivity contribution in [2.45, 2.75) is 31.7 Å². The number of fused-ring (bicyclic) bond motifs is 1. The van der Waals surface area contributed by atoms with E-state index in [2.05, 4.69) is 10.6 Å². The van der Waals surface area contributed by atoms with E-state index in [1.54, 1.807) is 24.3 Å². The highest BCUT2D eigenvalue weighted by Gasteiger charge is 2.38. The van der Waals surface area contributed by atoms with Gasteiger partial charge in [-0.05, 0) is 60.9 Å². The minimum Gasteiger partial charge on any atom is -0.376 e. The summed E-state index contributed by atoms with van der Waals surface area (Å²) in [6, 6.07) is 20.8. The monoisotopic (exact) mass is 459 g/mol. The molecule has 0 spiro atoms. The maximum atomic E-state index is 13.1. The van der Waals surface area contributed by atoms with Crippen molar-refractivity contribution >= 4 is 17.5 Å². The Balaban J connectivity index is 1.27. The summed E-state index contributed by atoms with van der Waals surface area (Å²) < 4.78 is 18.8. The number of halogens is 1. The van der Waals surface area contributed by atoms with Crippen molar-refractivity contribution < 1.29 is 18.7 Å². The third-order valence-electron chi connectivity index (χ3n) is 6.30. The van der Waals surface area contributed by atoms with Gasteiger partial charge >= 0.3 is 0 Å². The zero-order chi connectivity index (χ0) is 23.5. The molecule has 6 nitrogen and oxygen atoms in total. The first-order chi connectivity index (χ1) is 16.6. The highest BCUT2D eigenvalue weighted by atomic mass is 19.1. The summed E-state index contributed by atoms with van der Waals surface area (Å²) in [5.41, 5.74) is 3.79. The maximum absolute atomic E-state index is 13.1. The van der Waals surface area contributed by atoms with Gasteiger partial charge in [-0.25, -0.2) is 4.39 Å². The Morgan fingerprint density at radius 3 is 2.53 bits per heavy atom. The highest BCUT2D eigenvalue weighted by molar-refractivity contribution is 5.99. The molecular weight excluding hydrogens is 433 g/mol. The highest BCUT2D eigenvalue weighted by Crippen LogP contribution is 2.35. The molecule has 2 heterocycles. The minimum absolute atomic E-state index is 0.000362. The molecule has 1 fully saturated rings. The fraction of sp³-hybridized carbons (Fsp3) is 0.259. The molecule has 0 saturated carbocycles. The molecule has 1 saturated heterocycles. The van der Waals surface area contributed by atoms with Gasteiger partial charge in [0.2, 0.25) is 0 Å². The van der Waals surface area contributed by atoms with Crippen LogP contribution in [0.3, 0.4) is 0 Å². The summed E-state index contributed by atoms with van der Waals surface area (Å²) in [7, 11) is 0. The standard InChI is InChI=1S/C27H26FN3O3/c28-20-11-7-18(8-12-20)16-29-26(32)19-9-13-21(14-10-19)30-25-23-5-1-2-6-24(23)27(33)31(25)17-22-4-3-15-34-22/h1-2,5-14,22,25,30H,3-4,15-17H2,(H,29,32)/t22-,25+/m0/s1. The van der Waals surface area contributed by atoms with Crippen LogP contribution >= 0.6 is 0 Å². The number of hydrogen-bond donors (Lipinski definition) is 2. The molecule has 0 bridgehead atoms.